The fourth-order valence-electron chi connectivity index (χ4n) is 2.57. The maximum absolute atomic E-state index is 12.4. The maximum atomic E-state index is 12.4. The van der Waals surface area contributed by atoms with E-state index in [2.05, 4.69) is 25.6 Å². The topological polar surface area (TPSA) is 98.3 Å². The van der Waals surface area contributed by atoms with Gasteiger partial charge in [-0.1, -0.05) is 0 Å². The Labute approximate surface area is 169 Å². The van der Waals surface area contributed by atoms with Crippen molar-refractivity contribution in [2.45, 2.75) is 13.5 Å². The lowest BCUT2D eigenvalue weighted by molar-refractivity contribution is 0.0945. The van der Waals surface area contributed by atoms with Gasteiger partial charge in [-0.05, 0) is 48.9 Å². The molecule has 8 nitrogen and oxygen atoms in total. The molecule has 0 saturated heterocycles. The summed E-state index contributed by atoms with van der Waals surface area (Å²) < 4.78 is 10.8. The van der Waals surface area contributed by atoms with Crippen molar-refractivity contribution >= 4 is 11.7 Å². The van der Waals surface area contributed by atoms with Gasteiger partial charge in [0.1, 0.15) is 35.4 Å². The van der Waals surface area contributed by atoms with Crippen LogP contribution in [0.5, 0.6) is 11.5 Å². The minimum atomic E-state index is -0.259. The molecule has 0 spiro atoms. The summed E-state index contributed by atoms with van der Waals surface area (Å²) in [5, 5.41) is 6.01. The van der Waals surface area contributed by atoms with Crippen LogP contribution in [-0.4, -0.2) is 41.1 Å². The number of methoxy groups -OCH3 is 1. The minimum Gasteiger partial charge on any atom is -0.497 e. The average Bonchev–Trinajstić information content (AvgIpc) is 2.76. The number of carbonyl (C=O) groups is 1. The van der Waals surface area contributed by atoms with Gasteiger partial charge in [-0.25, -0.2) is 9.97 Å². The molecule has 0 aliphatic heterocycles. The largest absolute Gasteiger partial charge is 0.497 e. The number of hydrogen-bond donors (Lipinski definition) is 2. The van der Waals surface area contributed by atoms with Crippen molar-refractivity contribution in [2.24, 2.45) is 0 Å². The number of rotatable bonds is 9. The first-order valence-electron chi connectivity index (χ1n) is 9.17. The van der Waals surface area contributed by atoms with E-state index in [1.807, 2.05) is 36.4 Å². The summed E-state index contributed by atoms with van der Waals surface area (Å²) in [6.07, 6.45) is 3.37. The van der Waals surface area contributed by atoms with Crippen LogP contribution in [0.1, 0.15) is 21.9 Å². The second-order valence-corrected chi connectivity index (χ2v) is 6.17. The number of benzene rings is 1. The molecular formula is C21H23N5O3. The van der Waals surface area contributed by atoms with Gasteiger partial charge in [-0.3, -0.25) is 9.78 Å². The van der Waals surface area contributed by atoms with Crippen LogP contribution < -0.4 is 20.1 Å². The average molecular weight is 393 g/mol. The van der Waals surface area contributed by atoms with Gasteiger partial charge in [0.2, 0.25) is 0 Å². The fraction of sp³-hybridized carbons (Fsp3) is 0.238. The van der Waals surface area contributed by atoms with Crippen LogP contribution in [0.2, 0.25) is 0 Å². The first kappa shape index (κ1) is 20.1. The van der Waals surface area contributed by atoms with Gasteiger partial charge in [-0.15, -0.1) is 0 Å². The van der Waals surface area contributed by atoms with Crippen molar-refractivity contribution in [2.75, 3.05) is 25.6 Å². The van der Waals surface area contributed by atoms with Gasteiger partial charge in [0, 0.05) is 25.0 Å². The Kier molecular flexibility index (Phi) is 6.94. The molecule has 0 atom stereocenters. The second kappa shape index (κ2) is 10.0. The number of hydrogen-bond acceptors (Lipinski definition) is 7. The van der Waals surface area contributed by atoms with E-state index in [1.54, 1.807) is 32.5 Å². The fourth-order valence-corrected chi connectivity index (χ4v) is 2.57. The highest BCUT2D eigenvalue weighted by Crippen LogP contribution is 2.16. The van der Waals surface area contributed by atoms with Crippen molar-refractivity contribution in [1.29, 1.82) is 0 Å². The number of carbonyl (C=O) groups excluding carboxylic acids is 1. The zero-order chi connectivity index (χ0) is 20.5. The van der Waals surface area contributed by atoms with Crippen molar-refractivity contribution in [3.05, 3.63) is 71.9 Å². The van der Waals surface area contributed by atoms with E-state index in [0.717, 1.165) is 17.1 Å². The Balaban J connectivity index is 1.50. The molecule has 0 unspecified atom stereocenters. The zero-order valence-electron chi connectivity index (χ0n) is 16.4. The molecule has 0 bridgehead atoms. The Hall–Kier alpha value is -3.68. The molecule has 2 heterocycles. The third kappa shape index (κ3) is 6.17. The third-order valence-corrected chi connectivity index (χ3v) is 4.01. The van der Waals surface area contributed by atoms with E-state index >= 15 is 0 Å². The van der Waals surface area contributed by atoms with Crippen LogP contribution in [0, 0.1) is 6.92 Å². The normalized spacial score (nSPS) is 10.3. The number of pyridine rings is 1. The Morgan fingerprint density at radius 1 is 1.03 bits per heavy atom. The number of aryl methyl sites for hydroxylation is 1. The van der Waals surface area contributed by atoms with Gasteiger partial charge in [-0.2, -0.15) is 0 Å². The number of nitrogens with one attached hydrogen (secondary N) is 2. The Morgan fingerprint density at radius 2 is 1.76 bits per heavy atom. The van der Waals surface area contributed by atoms with Gasteiger partial charge < -0.3 is 20.1 Å². The molecule has 29 heavy (non-hydrogen) atoms. The number of anilines is 1. The number of amides is 1. The first-order chi connectivity index (χ1) is 14.1. The first-order valence-corrected chi connectivity index (χ1v) is 9.17. The third-order valence-electron chi connectivity index (χ3n) is 4.01. The molecule has 150 valence electrons. The van der Waals surface area contributed by atoms with Crippen LogP contribution >= 0.6 is 0 Å². The summed E-state index contributed by atoms with van der Waals surface area (Å²) in [6.45, 7) is 3.13. The van der Waals surface area contributed by atoms with Crippen molar-refractivity contribution < 1.29 is 14.3 Å². The molecule has 1 aromatic carbocycles. The minimum absolute atomic E-state index is 0.259. The van der Waals surface area contributed by atoms with Gasteiger partial charge in [0.05, 0.1) is 13.7 Å². The van der Waals surface area contributed by atoms with E-state index in [4.69, 9.17) is 9.47 Å². The van der Waals surface area contributed by atoms with Crippen LogP contribution in [0.15, 0.2) is 54.9 Å². The molecule has 0 aliphatic carbocycles. The summed E-state index contributed by atoms with van der Waals surface area (Å²) in [5.74, 6) is 2.36. The van der Waals surface area contributed by atoms with Crippen LogP contribution in [-0.2, 0) is 6.54 Å². The molecule has 0 fully saturated rings. The van der Waals surface area contributed by atoms with E-state index in [1.165, 1.54) is 0 Å². The summed E-state index contributed by atoms with van der Waals surface area (Å²) in [6, 6.07) is 12.7. The number of nitrogens with zero attached hydrogens (tertiary/aromatic N) is 3. The lowest BCUT2D eigenvalue weighted by atomic mass is 10.2. The smallest absolute Gasteiger partial charge is 0.270 e. The van der Waals surface area contributed by atoms with E-state index < -0.39 is 0 Å². The quantitative estimate of drug-likeness (QED) is 0.539. The monoisotopic (exact) mass is 393 g/mol. The molecule has 0 aliphatic rings. The molecule has 3 rings (SSSR count). The highest BCUT2D eigenvalue weighted by atomic mass is 16.5. The second-order valence-electron chi connectivity index (χ2n) is 6.17. The van der Waals surface area contributed by atoms with Crippen LogP contribution in [0.4, 0.5) is 5.82 Å². The molecule has 0 saturated carbocycles. The Bertz CT molecular complexity index is 933. The SMILES string of the molecule is COc1ccc(OCCNc2cc(C(=O)NCc3ccncc3)nc(C)n2)cc1. The summed E-state index contributed by atoms with van der Waals surface area (Å²) >= 11 is 0. The van der Waals surface area contributed by atoms with Crippen molar-refractivity contribution in [3.63, 3.8) is 0 Å². The lowest BCUT2D eigenvalue weighted by Crippen LogP contribution is -2.24. The van der Waals surface area contributed by atoms with Crippen molar-refractivity contribution in [3.8, 4) is 11.5 Å². The molecule has 1 amide bonds. The van der Waals surface area contributed by atoms with E-state index in [-0.39, 0.29) is 5.91 Å². The molecule has 8 heteroatoms. The highest BCUT2D eigenvalue weighted by molar-refractivity contribution is 5.92. The van der Waals surface area contributed by atoms with Gasteiger partial charge in [0.15, 0.2) is 0 Å². The summed E-state index contributed by atoms with van der Waals surface area (Å²) in [4.78, 5) is 24.9. The summed E-state index contributed by atoms with van der Waals surface area (Å²) in [5.41, 5.74) is 1.28. The van der Waals surface area contributed by atoms with Crippen LogP contribution in [0.3, 0.4) is 0 Å². The molecule has 0 radical (unpaired) electrons. The molecule has 2 aromatic heterocycles. The lowest BCUT2D eigenvalue weighted by Gasteiger charge is -2.10. The standard InChI is InChI=1S/C21H23N5O3/c1-15-25-19(21(27)24-14-16-7-9-22-10-8-16)13-20(26-15)23-11-12-29-18-5-3-17(28-2)4-6-18/h3-10,13H,11-12,14H2,1-2H3,(H,24,27)(H,23,25,26). The highest BCUT2D eigenvalue weighted by Gasteiger charge is 2.10. The van der Waals surface area contributed by atoms with Crippen LogP contribution in [0.25, 0.3) is 0 Å². The number of ether oxygens (including phenoxy) is 2. The van der Waals surface area contributed by atoms with E-state index in [0.29, 0.717) is 37.0 Å². The number of aromatic nitrogens is 3. The summed E-state index contributed by atoms with van der Waals surface area (Å²) in [7, 11) is 1.62. The van der Waals surface area contributed by atoms with Gasteiger partial charge in [0.25, 0.3) is 5.91 Å². The van der Waals surface area contributed by atoms with E-state index in [9.17, 15) is 4.79 Å². The molecular weight excluding hydrogens is 370 g/mol. The molecule has 3 aromatic rings. The van der Waals surface area contributed by atoms with Crippen molar-refractivity contribution in [1.82, 2.24) is 20.3 Å². The predicted molar refractivity (Wildman–Crippen MR) is 109 cm³/mol. The van der Waals surface area contributed by atoms with Gasteiger partial charge >= 0.3 is 0 Å². The molecule has 2 N–H and O–H groups in total. The Morgan fingerprint density at radius 3 is 2.48 bits per heavy atom. The zero-order valence-corrected chi connectivity index (χ0v) is 16.4. The predicted octanol–water partition coefficient (Wildman–Crippen LogP) is 2.61. The maximum Gasteiger partial charge on any atom is 0.270 e.